The Labute approximate surface area is 222 Å². The SMILES string of the molecule is CC(C)(C#Cc1ccc(NC(=O)CSc2nnnn2-c2ccc(C3(C)CC3)cc2Cl)c(Cl)c1)C(=O)O. The molecule has 1 aliphatic rings. The molecule has 8 nitrogen and oxygen atoms in total. The van der Waals surface area contributed by atoms with Crippen molar-refractivity contribution in [1.29, 1.82) is 0 Å². The number of carbonyl (C=O) groups is 2. The van der Waals surface area contributed by atoms with Crippen LogP contribution in [0.4, 0.5) is 5.69 Å². The fourth-order valence-electron chi connectivity index (χ4n) is 3.24. The van der Waals surface area contributed by atoms with Gasteiger partial charge in [-0.1, -0.05) is 59.8 Å². The van der Waals surface area contributed by atoms with E-state index in [-0.39, 0.29) is 22.1 Å². The molecule has 0 atom stereocenters. The summed E-state index contributed by atoms with van der Waals surface area (Å²) in [6, 6.07) is 10.7. The van der Waals surface area contributed by atoms with Gasteiger partial charge in [0, 0.05) is 5.56 Å². The number of nitrogens with one attached hydrogen (secondary N) is 1. The van der Waals surface area contributed by atoms with Crippen LogP contribution in [0.25, 0.3) is 5.69 Å². The maximum absolute atomic E-state index is 12.6. The molecule has 1 heterocycles. The normalized spacial score (nSPS) is 14.0. The Balaban J connectivity index is 1.40. The molecule has 0 bridgehead atoms. The predicted molar refractivity (Wildman–Crippen MR) is 140 cm³/mol. The van der Waals surface area contributed by atoms with Crippen molar-refractivity contribution in [2.75, 3.05) is 11.1 Å². The molecule has 1 fully saturated rings. The molecule has 11 heteroatoms. The van der Waals surface area contributed by atoms with Gasteiger partial charge in [0.2, 0.25) is 11.1 Å². The van der Waals surface area contributed by atoms with Crippen molar-refractivity contribution >= 4 is 52.5 Å². The number of hydrogen-bond donors (Lipinski definition) is 2. The van der Waals surface area contributed by atoms with Gasteiger partial charge in [0.05, 0.1) is 27.2 Å². The molecule has 1 saturated carbocycles. The van der Waals surface area contributed by atoms with Crippen molar-refractivity contribution < 1.29 is 14.7 Å². The molecule has 1 aromatic heterocycles. The summed E-state index contributed by atoms with van der Waals surface area (Å²) >= 11 is 14.0. The van der Waals surface area contributed by atoms with Crippen molar-refractivity contribution in [3.8, 4) is 17.5 Å². The summed E-state index contributed by atoms with van der Waals surface area (Å²) in [7, 11) is 0. The zero-order chi connectivity index (χ0) is 26.1. The van der Waals surface area contributed by atoms with Crippen LogP contribution in [0.1, 0.15) is 44.7 Å². The topological polar surface area (TPSA) is 110 Å². The van der Waals surface area contributed by atoms with Gasteiger partial charge in [-0.2, -0.15) is 4.68 Å². The molecule has 0 spiro atoms. The van der Waals surface area contributed by atoms with Gasteiger partial charge in [-0.05, 0) is 78.4 Å². The Hall–Kier alpha value is -3.06. The number of nitrogens with zero attached hydrogens (tertiary/aromatic N) is 4. The van der Waals surface area contributed by atoms with Crippen molar-refractivity contribution in [3.05, 3.63) is 57.6 Å². The van der Waals surface area contributed by atoms with Gasteiger partial charge in [0.15, 0.2) is 0 Å². The maximum Gasteiger partial charge on any atom is 0.321 e. The van der Waals surface area contributed by atoms with E-state index in [1.54, 1.807) is 18.2 Å². The van der Waals surface area contributed by atoms with E-state index in [9.17, 15) is 14.7 Å². The first-order valence-electron chi connectivity index (χ1n) is 11.1. The number of anilines is 1. The Morgan fingerprint density at radius 3 is 2.58 bits per heavy atom. The minimum atomic E-state index is -1.19. The average Bonchev–Trinajstić information content (AvgIpc) is 3.41. The second-order valence-electron chi connectivity index (χ2n) is 9.31. The zero-order valence-corrected chi connectivity index (χ0v) is 22.1. The molecule has 3 aromatic rings. The van der Waals surface area contributed by atoms with Gasteiger partial charge in [-0.25, -0.2) is 0 Å². The lowest BCUT2D eigenvalue weighted by atomic mass is 9.94. The number of tetrazole rings is 1. The fraction of sp³-hybridized carbons (Fsp3) is 0.320. The molecule has 1 aliphatic carbocycles. The summed E-state index contributed by atoms with van der Waals surface area (Å²) in [5.74, 6) is 4.24. The summed E-state index contributed by atoms with van der Waals surface area (Å²) in [4.78, 5) is 23.8. The van der Waals surface area contributed by atoms with Gasteiger partial charge >= 0.3 is 5.97 Å². The van der Waals surface area contributed by atoms with Crippen LogP contribution in [0, 0.1) is 17.3 Å². The van der Waals surface area contributed by atoms with E-state index in [1.807, 2.05) is 18.2 Å². The number of rotatable bonds is 7. The number of aromatic nitrogens is 4. The number of thioether (sulfide) groups is 1. The van der Waals surface area contributed by atoms with Crippen LogP contribution in [0.3, 0.4) is 0 Å². The van der Waals surface area contributed by atoms with Crippen molar-refractivity contribution in [3.63, 3.8) is 0 Å². The van der Waals surface area contributed by atoms with E-state index in [1.165, 1.54) is 24.1 Å². The predicted octanol–water partition coefficient (Wildman–Crippen LogP) is 5.21. The maximum atomic E-state index is 12.6. The highest BCUT2D eigenvalue weighted by Crippen LogP contribution is 2.48. The standard InChI is InChI=1S/C25H23Cl2N5O3S/c1-24(2,22(34)35)9-8-15-4-6-19(17(26)12-15)28-21(33)14-36-23-29-30-31-32(23)20-7-5-16(13-18(20)27)25(3)10-11-25/h4-7,12-13H,10-11,14H2,1-3H3,(H,28,33)(H,34,35). The summed E-state index contributed by atoms with van der Waals surface area (Å²) < 4.78 is 1.51. The lowest BCUT2D eigenvalue weighted by Crippen LogP contribution is -2.21. The lowest BCUT2D eigenvalue weighted by molar-refractivity contribution is -0.143. The van der Waals surface area contributed by atoms with Crippen LogP contribution in [0.5, 0.6) is 0 Å². The number of carboxylic acid groups (broad SMARTS) is 1. The van der Waals surface area contributed by atoms with Crippen molar-refractivity contribution in [2.45, 2.75) is 44.2 Å². The molecular weight excluding hydrogens is 521 g/mol. The number of benzene rings is 2. The Morgan fingerprint density at radius 2 is 1.94 bits per heavy atom. The number of carbonyl (C=O) groups excluding carboxylic acids is 1. The molecule has 4 rings (SSSR count). The highest BCUT2D eigenvalue weighted by Gasteiger charge is 2.39. The number of amides is 1. The Morgan fingerprint density at radius 1 is 1.19 bits per heavy atom. The van der Waals surface area contributed by atoms with Gasteiger partial charge in [-0.3, -0.25) is 9.59 Å². The zero-order valence-electron chi connectivity index (χ0n) is 19.8. The van der Waals surface area contributed by atoms with E-state index >= 15 is 0 Å². The first-order chi connectivity index (χ1) is 17.0. The number of carboxylic acids is 1. The first-order valence-corrected chi connectivity index (χ1v) is 12.8. The van der Waals surface area contributed by atoms with Crippen LogP contribution in [0.2, 0.25) is 10.0 Å². The van der Waals surface area contributed by atoms with Crippen molar-refractivity contribution in [1.82, 2.24) is 20.2 Å². The van der Waals surface area contributed by atoms with Gasteiger partial charge in [0.1, 0.15) is 5.41 Å². The van der Waals surface area contributed by atoms with Gasteiger partial charge in [0.25, 0.3) is 0 Å². The first kappa shape index (κ1) is 26.0. The molecule has 0 saturated heterocycles. The van der Waals surface area contributed by atoms with E-state index in [2.05, 4.69) is 39.6 Å². The molecule has 2 N–H and O–H groups in total. The third-order valence-electron chi connectivity index (χ3n) is 5.94. The lowest BCUT2D eigenvalue weighted by Gasteiger charge is -2.12. The molecule has 1 amide bonds. The Bertz CT molecular complexity index is 1410. The van der Waals surface area contributed by atoms with E-state index < -0.39 is 11.4 Å². The second-order valence-corrected chi connectivity index (χ2v) is 11.1. The molecule has 0 radical (unpaired) electrons. The summed E-state index contributed by atoms with van der Waals surface area (Å²) in [5.41, 5.74) is 1.80. The van der Waals surface area contributed by atoms with Crippen LogP contribution >= 0.6 is 35.0 Å². The van der Waals surface area contributed by atoms with E-state index in [4.69, 9.17) is 23.2 Å². The summed E-state index contributed by atoms with van der Waals surface area (Å²) in [6.07, 6.45) is 2.29. The van der Waals surface area contributed by atoms with Crippen LogP contribution in [0.15, 0.2) is 41.6 Å². The van der Waals surface area contributed by atoms with Crippen LogP contribution < -0.4 is 5.32 Å². The highest BCUT2D eigenvalue weighted by atomic mass is 35.5. The molecule has 0 aliphatic heterocycles. The summed E-state index contributed by atoms with van der Waals surface area (Å²) in [6.45, 7) is 5.25. The Kier molecular flexibility index (Phi) is 7.32. The third-order valence-corrected chi connectivity index (χ3v) is 7.48. The minimum absolute atomic E-state index is 0.0405. The van der Waals surface area contributed by atoms with Crippen LogP contribution in [-0.2, 0) is 15.0 Å². The molecule has 0 unspecified atom stereocenters. The third kappa shape index (κ3) is 5.84. The number of halogens is 2. The smallest absolute Gasteiger partial charge is 0.321 e. The van der Waals surface area contributed by atoms with Crippen molar-refractivity contribution in [2.24, 2.45) is 5.41 Å². The van der Waals surface area contributed by atoms with Crippen LogP contribution in [-0.4, -0.2) is 42.9 Å². The van der Waals surface area contributed by atoms with Gasteiger partial charge in [-0.15, -0.1) is 5.10 Å². The molecular formula is C25H23Cl2N5O3S. The molecule has 186 valence electrons. The monoisotopic (exact) mass is 543 g/mol. The summed E-state index contributed by atoms with van der Waals surface area (Å²) in [5, 5.41) is 25.0. The highest BCUT2D eigenvalue weighted by molar-refractivity contribution is 7.99. The fourth-order valence-corrected chi connectivity index (χ4v) is 4.42. The minimum Gasteiger partial charge on any atom is -0.480 e. The average molecular weight is 544 g/mol. The molecule has 36 heavy (non-hydrogen) atoms. The quantitative estimate of drug-likeness (QED) is 0.310. The van der Waals surface area contributed by atoms with E-state index in [0.717, 1.165) is 24.6 Å². The van der Waals surface area contributed by atoms with E-state index in [0.29, 0.717) is 27.1 Å². The largest absolute Gasteiger partial charge is 0.480 e. The van der Waals surface area contributed by atoms with Gasteiger partial charge < -0.3 is 10.4 Å². The number of hydrogen-bond acceptors (Lipinski definition) is 6. The number of aliphatic carboxylic acids is 1. The second kappa shape index (κ2) is 10.1. The molecule has 2 aromatic carbocycles.